The highest BCUT2D eigenvalue weighted by Crippen LogP contribution is 2.50. The molecule has 1 aliphatic carbocycles. The summed E-state index contributed by atoms with van der Waals surface area (Å²) in [6, 6.07) is 43.4. The molecule has 0 atom stereocenters. The molecule has 0 saturated heterocycles. The Labute approximate surface area is 239 Å². The average molecular weight is 527 g/mol. The van der Waals surface area contributed by atoms with Crippen LogP contribution >= 0.6 is 0 Å². The predicted octanol–water partition coefficient (Wildman–Crippen LogP) is 8.72. The van der Waals surface area contributed by atoms with Gasteiger partial charge < -0.3 is 0 Å². The van der Waals surface area contributed by atoms with Crippen molar-refractivity contribution in [3.63, 3.8) is 0 Å². The van der Waals surface area contributed by atoms with Crippen molar-refractivity contribution in [3.8, 4) is 62.5 Å². The van der Waals surface area contributed by atoms with Crippen molar-refractivity contribution in [2.45, 2.75) is 19.3 Å². The summed E-state index contributed by atoms with van der Waals surface area (Å²) in [4.78, 5) is 14.6. The van der Waals surface area contributed by atoms with Gasteiger partial charge in [-0.1, -0.05) is 117 Å². The van der Waals surface area contributed by atoms with Gasteiger partial charge in [-0.2, -0.15) is 5.26 Å². The van der Waals surface area contributed by atoms with E-state index in [4.69, 9.17) is 15.0 Å². The largest absolute Gasteiger partial charge is 0.208 e. The molecule has 0 bridgehead atoms. The zero-order valence-electron chi connectivity index (χ0n) is 22.8. The van der Waals surface area contributed by atoms with Crippen molar-refractivity contribution in [2.75, 3.05) is 0 Å². The molecular formula is C37H26N4. The Hall–Kier alpha value is -5.40. The minimum Gasteiger partial charge on any atom is -0.208 e. The van der Waals surface area contributed by atoms with Gasteiger partial charge in [0.25, 0.3) is 0 Å². The molecule has 0 amide bonds. The Morgan fingerprint density at radius 3 is 1.68 bits per heavy atom. The van der Waals surface area contributed by atoms with Crippen LogP contribution in [0.4, 0.5) is 0 Å². The van der Waals surface area contributed by atoms with E-state index < -0.39 is 0 Å². The summed E-state index contributed by atoms with van der Waals surface area (Å²) >= 11 is 0. The van der Waals surface area contributed by atoms with Crippen LogP contribution in [0.1, 0.15) is 30.5 Å². The molecule has 0 fully saturated rings. The summed E-state index contributed by atoms with van der Waals surface area (Å²) in [5.41, 5.74) is 10.2. The minimum absolute atomic E-state index is 0.200. The lowest BCUT2D eigenvalue weighted by molar-refractivity contribution is 0.660. The van der Waals surface area contributed by atoms with Gasteiger partial charge in [-0.05, 0) is 46.0 Å². The molecule has 0 saturated carbocycles. The maximum absolute atomic E-state index is 9.79. The molecule has 1 aliphatic rings. The Morgan fingerprint density at radius 2 is 1.05 bits per heavy atom. The van der Waals surface area contributed by atoms with Crippen LogP contribution in [0.15, 0.2) is 121 Å². The van der Waals surface area contributed by atoms with Gasteiger partial charge in [0.1, 0.15) is 0 Å². The van der Waals surface area contributed by atoms with Crippen molar-refractivity contribution in [1.82, 2.24) is 15.0 Å². The Kier molecular flexibility index (Phi) is 5.80. The first-order valence-electron chi connectivity index (χ1n) is 13.7. The van der Waals surface area contributed by atoms with Crippen LogP contribution in [-0.4, -0.2) is 15.0 Å². The molecule has 0 N–H and O–H groups in total. The Balaban J connectivity index is 1.34. The first-order chi connectivity index (χ1) is 20.0. The molecule has 7 rings (SSSR count). The van der Waals surface area contributed by atoms with Crippen LogP contribution in [0.2, 0.25) is 0 Å². The molecule has 6 aromatic rings. The number of hydrogen-bond acceptors (Lipinski definition) is 4. The van der Waals surface area contributed by atoms with Crippen LogP contribution in [0.25, 0.3) is 56.4 Å². The lowest BCUT2D eigenvalue weighted by Gasteiger charge is -2.22. The van der Waals surface area contributed by atoms with Crippen molar-refractivity contribution < 1.29 is 0 Å². The zero-order chi connectivity index (χ0) is 28.0. The maximum Gasteiger partial charge on any atom is 0.164 e. The number of rotatable bonds is 4. The van der Waals surface area contributed by atoms with E-state index in [1.807, 2.05) is 72.8 Å². The topological polar surface area (TPSA) is 62.5 Å². The Morgan fingerprint density at radius 1 is 0.512 bits per heavy atom. The first-order valence-corrected chi connectivity index (χ1v) is 13.7. The fourth-order valence-electron chi connectivity index (χ4n) is 5.84. The fraction of sp³-hybridized carbons (Fsp3) is 0.0811. The number of fused-ring (bicyclic) bond motifs is 3. The lowest BCUT2D eigenvalue weighted by Crippen LogP contribution is -2.15. The van der Waals surface area contributed by atoms with Gasteiger partial charge >= 0.3 is 0 Å². The van der Waals surface area contributed by atoms with E-state index in [1.54, 1.807) is 0 Å². The smallest absolute Gasteiger partial charge is 0.164 e. The third-order valence-electron chi connectivity index (χ3n) is 7.97. The normalized spacial score (nSPS) is 12.8. The molecular weight excluding hydrogens is 500 g/mol. The van der Waals surface area contributed by atoms with Crippen molar-refractivity contribution in [3.05, 3.63) is 138 Å². The van der Waals surface area contributed by atoms with E-state index in [2.05, 4.69) is 68.4 Å². The Bertz CT molecular complexity index is 1910. The van der Waals surface area contributed by atoms with Gasteiger partial charge in [0.15, 0.2) is 17.5 Å². The zero-order valence-corrected chi connectivity index (χ0v) is 22.8. The minimum atomic E-state index is -0.200. The maximum atomic E-state index is 9.79. The molecule has 4 nitrogen and oxygen atoms in total. The first kappa shape index (κ1) is 24.6. The van der Waals surface area contributed by atoms with E-state index in [0.29, 0.717) is 17.5 Å². The molecule has 4 heteroatoms. The van der Waals surface area contributed by atoms with E-state index >= 15 is 0 Å². The van der Waals surface area contributed by atoms with Crippen LogP contribution < -0.4 is 0 Å². The molecule has 0 aliphatic heterocycles. The number of hydrogen-bond donors (Lipinski definition) is 0. The second-order valence-electron chi connectivity index (χ2n) is 10.8. The molecule has 0 radical (unpaired) electrons. The van der Waals surface area contributed by atoms with E-state index in [-0.39, 0.29) is 5.41 Å². The monoisotopic (exact) mass is 526 g/mol. The van der Waals surface area contributed by atoms with Crippen LogP contribution in [0, 0.1) is 11.3 Å². The third kappa shape index (κ3) is 4.20. The molecule has 194 valence electrons. The van der Waals surface area contributed by atoms with E-state index in [9.17, 15) is 5.26 Å². The SMILES string of the molecule is CC1(C)c2cc(-c3cccc(-c4nc(-c5ccccc5)nc(-c5ccccc5)n4)c3)ccc2-c2c(C#N)cccc21. The number of nitriles is 1. The molecule has 41 heavy (non-hydrogen) atoms. The predicted molar refractivity (Wildman–Crippen MR) is 164 cm³/mol. The van der Waals surface area contributed by atoms with Crippen LogP contribution in [0.3, 0.4) is 0 Å². The number of aromatic nitrogens is 3. The summed E-state index contributed by atoms with van der Waals surface area (Å²) in [7, 11) is 0. The van der Waals surface area contributed by atoms with E-state index in [0.717, 1.165) is 44.5 Å². The van der Waals surface area contributed by atoms with Gasteiger partial charge in [0, 0.05) is 27.7 Å². The quantitative estimate of drug-likeness (QED) is 0.230. The summed E-state index contributed by atoms with van der Waals surface area (Å²) in [6.07, 6.45) is 0. The van der Waals surface area contributed by atoms with Crippen molar-refractivity contribution >= 4 is 0 Å². The second-order valence-corrected chi connectivity index (χ2v) is 10.8. The number of benzene rings is 5. The molecule has 0 spiro atoms. The highest BCUT2D eigenvalue weighted by atomic mass is 15.0. The summed E-state index contributed by atoms with van der Waals surface area (Å²) in [5, 5.41) is 9.79. The van der Waals surface area contributed by atoms with Gasteiger partial charge in [-0.25, -0.2) is 15.0 Å². The van der Waals surface area contributed by atoms with Gasteiger partial charge in [-0.3, -0.25) is 0 Å². The highest BCUT2D eigenvalue weighted by molar-refractivity contribution is 5.87. The molecule has 1 aromatic heterocycles. The summed E-state index contributed by atoms with van der Waals surface area (Å²) in [5.74, 6) is 1.92. The van der Waals surface area contributed by atoms with Crippen LogP contribution in [-0.2, 0) is 5.41 Å². The van der Waals surface area contributed by atoms with E-state index in [1.165, 1.54) is 11.1 Å². The van der Waals surface area contributed by atoms with Crippen molar-refractivity contribution in [2.24, 2.45) is 0 Å². The van der Waals surface area contributed by atoms with Gasteiger partial charge in [0.05, 0.1) is 11.6 Å². The number of nitrogens with zero attached hydrogens (tertiary/aromatic N) is 4. The van der Waals surface area contributed by atoms with Gasteiger partial charge in [-0.15, -0.1) is 0 Å². The highest BCUT2D eigenvalue weighted by Gasteiger charge is 2.37. The molecule has 5 aromatic carbocycles. The molecule has 0 unspecified atom stereocenters. The standard InChI is InChI=1S/C37H26N4/c1-37(2)31-18-10-17-29(23-38)33(31)30-20-19-27(22-32(30)37)26-15-9-16-28(21-26)36-40-34(24-11-5-3-6-12-24)39-35(41-36)25-13-7-4-8-14-25/h3-22H,1-2H3. The summed E-state index contributed by atoms with van der Waals surface area (Å²) < 4.78 is 0. The molecule has 1 heterocycles. The fourth-order valence-corrected chi connectivity index (χ4v) is 5.84. The van der Waals surface area contributed by atoms with Gasteiger partial charge in [0.2, 0.25) is 0 Å². The average Bonchev–Trinajstić information content (AvgIpc) is 3.27. The lowest BCUT2D eigenvalue weighted by atomic mass is 9.81. The van der Waals surface area contributed by atoms with Crippen LogP contribution in [0.5, 0.6) is 0 Å². The summed E-state index contributed by atoms with van der Waals surface area (Å²) in [6.45, 7) is 4.47. The van der Waals surface area contributed by atoms with Crippen molar-refractivity contribution in [1.29, 1.82) is 5.26 Å². The third-order valence-corrected chi connectivity index (χ3v) is 7.97. The second kappa shape index (κ2) is 9.66.